The Kier molecular flexibility index (Phi) is 3.97. The van der Waals surface area contributed by atoms with Crippen LogP contribution in [0.3, 0.4) is 0 Å². The van der Waals surface area contributed by atoms with Crippen molar-refractivity contribution in [2.45, 2.75) is 39.2 Å². The molecular weight excluding hydrogens is 330 g/mol. The number of rotatable bonds is 3. The van der Waals surface area contributed by atoms with Crippen LogP contribution in [-0.2, 0) is 0 Å². The van der Waals surface area contributed by atoms with E-state index in [9.17, 15) is 0 Å². The Morgan fingerprint density at radius 2 is 2.19 bits per heavy atom. The smallest absolute Gasteiger partial charge is 0.183 e. The van der Waals surface area contributed by atoms with E-state index in [2.05, 4.69) is 45.3 Å². The highest BCUT2D eigenvalue weighted by molar-refractivity contribution is 9.10. The number of hydrogen-bond acceptors (Lipinski definition) is 4. The summed E-state index contributed by atoms with van der Waals surface area (Å²) in [7, 11) is 0. The number of aromatic nitrogens is 4. The maximum Gasteiger partial charge on any atom is 0.183 e. The van der Waals surface area contributed by atoms with E-state index in [1.807, 2.05) is 22.9 Å². The lowest BCUT2D eigenvalue weighted by Crippen LogP contribution is -2.18. The van der Waals surface area contributed by atoms with Gasteiger partial charge >= 0.3 is 0 Å². The van der Waals surface area contributed by atoms with Gasteiger partial charge in [-0.25, -0.2) is 4.68 Å². The second-order valence-electron chi connectivity index (χ2n) is 5.83. The molecule has 0 bridgehead atoms. The van der Waals surface area contributed by atoms with Crippen molar-refractivity contribution in [3.8, 4) is 11.4 Å². The van der Waals surface area contributed by atoms with Crippen LogP contribution in [0, 0.1) is 11.8 Å². The summed E-state index contributed by atoms with van der Waals surface area (Å²) in [4.78, 5) is 0. The number of nitrogens with zero attached hydrogens (tertiary/aromatic N) is 4. The molecule has 1 aromatic carbocycles. The summed E-state index contributed by atoms with van der Waals surface area (Å²) in [5, 5.41) is 12.4. The molecule has 3 unspecified atom stereocenters. The van der Waals surface area contributed by atoms with Crippen LogP contribution in [0.1, 0.15) is 39.2 Å². The lowest BCUT2D eigenvalue weighted by atomic mass is 9.93. The Morgan fingerprint density at radius 1 is 1.38 bits per heavy atom. The number of tetrazole rings is 1. The fraction of sp³-hybridized carbons (Fsp3) is 0.533. The van der Waals surface area contributed by atoms with Crippen LogP contribution < -0.4 is 5.73 Å². The number of nitrogens with two attached hydrogens (primary N) is 1. The largest absolute Gasteiger partial charge is 0.398 e. The number of anilines is 1. The molecule has 0 saturated heterocycles. The second kappa shape index (κ2) is 5.75. The fourth-order valence-electron chi connectivity index (χ4n) is 3.46. The molecule has 1 aromatic heterocycles. The molecule has 21 heavy (non-hydrogen) atoms. The van der Waals surface area contributed by atoms with Gasteiger partial charge in [-0.05, 0) is 63.2 Å². The molecular formula is C15H20BrN5. The average molecular weight is 350 g/mol. The molecule has 2 aromatic rings. The molecule has 0 amide bonds. The Bertz CT molecular complexity index is 639. The first-order chi connectivity index (χ1) is 10.1. The van der Waals surface area contributed by atoms with Gasteiger partial charge in [0.15, 0.2) is 5.82 Å². The Morgan fingerprint density at radius 3 is 2.90 bits per heavy atom. The van der Waals surface area contributed by atoms with Crippen molar-refractivity contribution in [1.82, 2.24) is 20.2 Å². The number of nitrogen functional groups attached to an aromatic ring is 1. The average Bonchev–Trinajstić information content (AvgIpc) is 3.08. The lowest BCUT2D eigenvalue weighted by Gasteiger charge is -2.21. The molecule has 0 radical (unpaired) electrons. The molecule has 6 heteroatoms. The maximum absolute atomic E-state index is 5.98. The predicted molar refractivity (Wildman–Crippen MR) is 86.6 cm³/mol. The van der Waals surface area contributed by atoms with Crippen LogP contribution in [0.25, 0.3) is 11.4 Å². The third kappa shape index (κ3) is 2.46. The summed E-state index contributed by atoms with van der Waals surface area (Å²) in [6.07, 6.45) is 3.61. The van der Waals surface area contributed by atoms with Crippen molar-refractivity contribution in [2.24, 2.45) is 11.8 Å². The molecule has 1 saturated carbocycles. The van der Waals surface area contributed by atoms with E-state index in [0.717, 1.165) is 28.2 Å². The topological polar surface area (TPSA) is 69.6 Å². The zero-order valence-electron chi connectivity index (χ0n) is 12.3. The maximum atomic E-state index is 5.98. The molecule has 5 nitrogen and oxygen atoms in total. The first-order valence-corrected chi connectivity index (χ1v) is 8.25. The van der Waals surface area contributed by atoms with Gasteiger partial charge in [-0.1, -0.05) is 26.3 Å². The van der Waals surface area contributed by atoms with Gasteiger partial charge in [0.05, 0.1) is 10.5 Å². The fourth-order valence-corrected chi connectivity index (χ4v) is 3.90. The highest BCUT2D eigenvalue weighted by Crippen LogP contribution is 2.43. The van der Waals surface area contributed by atoms with Crippen molar-refractivity contribution in [3.63, 3.8) is 0 Å². The first-order valence-electron chi connectivity index (χ1n) is 7.45. The minimum Gasteiger partial charge on any atom is -0.398 e. The van der Waals surface area contributed by atoms with Gasteiger partial charge in [0.2, 0.25) is 0 Å². The number of benzene rings is 1. The monoisotopic (exact) mass is 349 g/mol. The van der Waals surface area contributed by atoms with Crippen molar-refractivity contribution in [1.29, 1.82) is 0 Å². The molecule has 112 valence electrons. The van der Waals surface area contributed by atoms with Crippen LogP contribution in [0.15, 0.2) is 22.7 Å². The van der Waals surface area contributed by atoms with Crippen molar-refractivity contribution in [3.05, 3.63) is 22.7 Å². The second-order valence-corrected chi connectivity index (χ2v) is 6.62. The van der Waals surface area contributed by atoms with Gasteiger partial charge in [0.25, 0.3) is 0 Å². The molecule has 1 aliphatic carbocycles. The molecule has 1 heterocycles. The van der Waals surface area contributed by atoms with Gasteiger partial charge < -0.3 is 5.73 Å². The molecule has 0 spiro atoms. The van der Waals surface area contributed by atoms with Crippen LogP contribution in [0.4, 0.5) is 5.69 Å². The van der Waals surface area contributed by atoms with Crippen LogP contribution >= 0.6 is 15.9 Å². The quantitative estimate of drug-likeness (QED) is 0.858. The lowest BCUT2D eigenvalue weighted by molar-refractivity contribution is 0.310. The summed E-state index contributed by atoms with van der Waals surface area (Å²) < 4.78 is 2.85. The van der Waals surface area contributed by atoms with Gasteiger partial charge in [0.1, 0.15) is 0 Å². The van der Waals surface area contributed by atoms with E-state index >= 15 is 0 Å². The summed E-state index contributed by atoms with van der Waals surface area (Å²) in [6.45, 7) is 4.57. The zero-order valence-corrected chi connectivity index (χ0v) is 13.9. The third-order valence-electron chi connectivity index (χ3n) is 4.78. The van der Waals surface area contributed by atoms with Crippen molar-refractivity contribution >= 4 is 21.6 Å². The summed E-state index contributed by atoms with van der Waals surface area (Å²) in [6, 6.07) is 6.17. The van der Waals surface area contributed by atoms with Gasteiger partial charge in [0, 0.05) is 11.3 Å². The zero-order chi connectivity index (χ0) is 15.0. The van der Waals surface area contributed by atoms with Gasteiger partial charge in [-0.3, -0.25) is 0 Å². The van der Waals surface area contributed by atoms with Crippen LogP contribution in [0.5, 0.6) is 0 Å². The minimum atomic E-state index is 0.369. The van der Waals surface area contributed by atoms with Crippen molar-refractivity contribution < 1.29 is 0 Å². The molecule has 1 fully saturated rings. The first kappa shape index (κ1) is 14.5. The summed E-state index contributed by atoms with van der Waals surface area (Å²) in [5.74, 6) is 2.15. The Balaban J connectivity index is 2.00. The minimum absolute atomic E-state index is 0.369. The SMILES string of the molecule is CCC1CCC(n2nnnc2-c2cccc(N)c2Br)C1C. The van der Waals surface area contributed by atoms with E-state index in [1.54, 1.807) is 0 Å². The van der Waals surface area contributed by atoms with E-state index < -0.39 is 0 Å². The Labute approximate surface area is 133 Å². The highest BCUT2D eigenvalue weighted by atomic mass is 79.9. The molecule has 0 aliphatic heterocycles. The normalized spacial score (nSPS) is 25.4. The standard InChI is InChI=1S/C15H20BrN5/c1-3-10-7-8-13(9(10)2)21-15(18-19-20-21)11-5-4-6-12(17)14(11)16/h4-6,9-10,13H,3,7-8,17H2,1-2H3. The van der Waals surface area contributed by atoms with Gasteiger partial charge in [-0.2, -0.15) is 0 Å². The summed E-state index contributed by atoms with van der Waals surface area (Å²) >= 11 is 3.55. The van der Waals surface area contributed by atoms with Crippen LogP contribution in [-0.4, -0.2) is 20.2 Å². The van der Waals surface area contributed by atoms with E-state index in [4.69, 9.17) is 5.73 Å². The molecule has 2 N–H and O–H groups in total. The summed E-state index contributed by atoms with van der Waals surface area (Å²) in [5.41, 5.74) is 7.63. The van der Waals surface area contributed by atoms with E-state index in [-0.39, 0.29) is 0 Å². The Hall–Kier alpha value is -1.43. The third-order valence-corrected chi connectivity index (χ3v) is 5.67. The predicted octanol–water partition coefficient (Wildman–Crippen LogP) is 3.68. The molecule has 3 atom stereocenters. The van der Waals surface area contributed by atoms with E-state index in [0.29, 0.717) is 17.6 Å². The number of halogens is 1. The van der Waals surface area contributed by atoms with Crippen molar-refractivity contribution in [2.75, 3.05) is 5.73 Å². The highest BCUT2D eigenvalue weighted by Gasteiger charge is 2.35. The van der Waals surface area contributed by atoms with Gasteiger partial charge in [-0.15, -0.1) is 5.10 Å². The molecule has 3 rings (SSSR count). The van der Waals surface area contributed by atoms with Crippen LogP contribution in [0.2, 0.25) is 0 Å². The van der Waals surface area contributed by atoms with E-state index in [1.165, 1.54) is 12.8 Å². The number of hydrogen-bond donors (Lipinski definition) is 1. The molecule has 1 aliphatic rings.